The zero-order valence-corrected chi connectivity index (χ0v) is 10.5. The normalized spacial score (nSPS) is 11.3. The van der Waals surface area contributed by atoms with Gasteiger partial charge in [-0.2, -0.15) is 18.4 Å². The number of aliphatic carboxylic acids is 1. The Labute approximate surface area is 113 Å². The van der Waals surface area contributed by atoms with E-state index in [4.69, 9.17) is 10.4 Å². The fourth-order valence-electron chi connectivity index (χ4n) is 1.60. The molecular weight excluding hydrogens is 273 g/mol. The van der Waals surface area contributed by atoms with Crippen LogP contribution in [0.4, 0.5) is 18.9 Å². The molecule has 0 aliphatic carbocycles. The number of hydrogen-bond donors (Lipinski definition) is 1. The van der Waals surface area contributed by atoms with E-state index >= 15 is 0 Å². The lowest BCUT2D eigenvalue weighted by molar-refractivity contribution is -0.131. The number of alkyl halides is 3. The van der Waals surface area contributed by atoms with E-state index in [1.807, 2.05) is 0 Å². The molecule has 0 amide bonds. The van der Waals surface area contributed by atoms with Crippen molar-refractivity contribution < 1.29 is 23.1 Å². The number of carbonyl (C=O) groups is 1. The van der Waals surface area contributed by atoms with Gasteiger partial charge in [-0.3, -0.25) is 0 Å². The van der Waals surface area contributed by atoms with E-state index in [0.717, 1.165) is 11.0 Å². The van der Waals surface area contributed by atoms with Crippen LogP contribution in [0.15, 0.2) is 24.3 Å². The maximum absolute atomic E-state index is 12.3. The number of rotatable bonds is 4. The summed E-state index contributed by atoms with van der Waals surface area (Å²) in [5.41, 5.74) is 0.606. The maximum Gasteiger partial charge on any atom is 0.405 e. The van der Waals surface area contributed by atoms with Crippen LogP contribution in [0.2, 0.25) is 0 Å². The van der Waals surface area contributed by atoms with E-state index in [1.54, 1.807) is 6.07 Å². The minimum Gasteiger partial charge on any atom is -0.478 e. The van der Waals surface area contributed by atoms with Crippen LogP contribution in [-0.2, 0) is 4.79 Å². The van der Waals surface area contributed by atoms with Crippen molar-refractivity contribution in [1.29, 1.82) is 5.26 Å². The van der Waals surface area contributed by atoms with Gasteiger partial charge < -0.3 is 10.0 Å². The van der Waals surface area contributed by atoms with Crippen molar-refractivity contribution in [2.45, 2.75) is 6.18 Å². The minimum atomic E-state index is -4.37. The summed E-state index contributed by atoms with van der Waals surface area (Å²) >= 11 is 0. The van der Waals surface area contributed by atoms with E-state index < -0.39 is 18.7 Å². The summed E-state index contributed by atoms with van der Waals surface area (Å²) in [5.74, 6) is -1.15. The average molecular weight is 284 g/mol. The van der Waals surface area contributed by atoms with Crippen LogP contribution in [0.5, 0.6) is 0 Å². The Kier molecular flexibility index (Phi) is 4.75. The molecule has 0 saturated heterocycles. The molecule has 1 aromatic carbocycles. The van der Waals surface area contributed by atoms with E-state index in [0.29, 0.717) is 5.56 Å². The summed E-state index contributed by atoms with van der Waals surface area (Å²) in [7, 11) is 1.23. The first-order valence-corrected chi connectivity index (χ1v) is 5.46. The van der Waals surface area contributed by atoms with E-state index in [1.165, 1.54) is 31.3 Å². The number of nitriles is 1. The molecule has 0 saturated carbocycles. The van der Waals surface area contributed by atoms with Crippen LogP contribution in [0.1, 0.15) is 11.1 Å². The zero-order chi connectivity index (χ0) is 15.3. The fourth-order valence-corrected chi connectivity index (χ4v) is 1.60. The highest BCUT2D eigenvalue weighted by atomic mass is 19.4. The third-order valence-corrected chi connectivity index (χ3v) is 2.39. The predicted molar refractivity (Wildman–Crippen MR) is 67.2 cm³/mol. The molecule has 0 spiro atoms. The number of hydrogen-bond acceptors (Lipinski definition) is 3. The molecule has 0 atom stereocenters. The van der Waals surface area contributed by atoms with Gasteiger partial charge in [-0.25, -0.2) is 4.79 Å². The molecule has 20 heavy (non-hydrogen) atoms. The minimum absolute atomic E-state index is 0.0456. The van der Waals surface area contributed by atoms with Gasteiger partial charge in [0.1, 0.15) is 12.6 Å². The maximum atomic E-state index is 12.3. The molecule has 1 rings (SSSR count). The first kappa shape index (κ1) is 15.6. The lowest BCUT2D eigenvalue weighted by Crippen LogP contribution is -2.31. The van der Waals surface area contributed by atoms with Crippen LogP contribution < -0.4 is 4.90 Å². The highest BCUT2D eigenvalue weighted by molar-refractivity contribution is 5.85. The smallest absolute Gasteiger partial charge is 0.405 e. The second-order valence-electron chi connectivity index (χ2n) is 4.03. The summed E-state index contributed by atoms with van der Waals surface area (Å²) in [5, 5.41) is 17.5. The number of benzene rings is 1. The Morgan fingerprint density at radius 3 is 2.65 bits per heavy atom. The molecule has 0 aliphatic heterocycles. The van der Waals surface area contributed by atoms with Crippen LogP contribution in [-0.4, -0.2) is 30.8 Å². The van der Waals surface area contributed by atoms with Crippen molar-refractivity contribution in [3.05, 3.63) is 35.4 Å². The van der Waals surface area contributed by atoms with Crippen molar-refractivity contribution in [2.24, 2.45) is 0 Å². The molecule has 0 fully saturated rings. The number of halogens is 3. The number of carboxylic acid groups (broad SMARTS) is 1. The highest BCUT2D eigenvalue weighted by Gasteiger charge is 2.30. The quantitative estimate of drug-likeness (QED) is 0.863. The number of anilines is 1. The molecule has 1 N–H and O–H groups in total. The Morgan fingerprint density at radius 1 is 1.50 bits per heavy atom. The average Bonchev–Trinajstić information content (AvgIpc) is 2.33. The van der Waals surface area contributed by atoms with Gasteiger partial charge in [0.15, 0.2) is 0 Å². The Hall–Kier alpha value is -2.49. The first-order valence-electron chi connectivity index (χ1n) is 5.46. The van der Waals surface area contributed by atoms with Crippen molar-refractivity contribution in [2.75, 3.05) is 18.5 Å². The second-order valence-corrected chi connectivity index (χ2v) is 4.03. The standard InChI is InChI=1S/C13H11F3N2O2/c1-18(8-13(14,15)16)11-4-2-9(3-5-12(19)20)6-10(11)7-17/h2-6H,8H2,1H3,(H,19,20)/b5-3+. The number of carboxylic acids is 1. The molecule has 0 heterocycles. The Bertz CT molecular complexity index is 574. The van der Waals surface area contributed by atoms with Gasteiger partial charge >= 0.3 is 12.1 Å². The number of nitrogens with zero attached hydrogens (tertiary/aromatic N) is 2. The summed E-state index contributed by atoms with van der Waals surface area (Å²) < 4.78 is 36.9. The molecule has 1 aromatic rings. The van der Waals surface area contributed by atoms with Gasteiger partial charge in [0, 0.05) is 13.1 Å². The van der Waals surface area contributed by atoms with Gasteiger partial charge in [-0.05, 0) is 23.8 Å². The predicted octanol–water partition coefficient (Wildman–Crippen LogP) is 2.65. The molecule has 0 radical (unpaired) electrons. The van der Waals surface area contributed by atoms with Crippen LogP contribution in [0.3, 0.4) is 0 Å². The van der Waals surface area contributed by atoms with Crippen LogP contribution in [0.25, 0.3) is 6.08 Å². The van der Waals surface area contributed by atoms with Gasteiger partial charge in [-0.1, -0.05) is 6.07 Å². The zero-order valence-electron chi connectivity index (χ0n) is 10.5. The topological polar surface area (TPSA) is 64.3 Å². The molecule has 106 valence electrons. The first-order chi connectivity index (χ1) is 9.23. The fraction of sp³-hybridized carbons (Fsp3) is 0.231. The molecule has 4 nitrogen and oxygen atoms in total. The Balaban J connectivity index is 3.06. The largest absolute Gasteiger partial charge is 0.478 e. The lowest BCUT2D eigenvalue weighted by Gasteiger charge is -2.22. The molecule has 0 aromatic heterocycles. The van der Waals surface area contributed by atoms with Gasteiger partial charge in [0.2, 0.25) is 0 Å². The molecular formula is C13H11F3N2O2. The third-order valence-electron chi connectivity index (χ3n) is 2.39. The molecule has 0 aliphatic rings. The van der Waals surface area contributed by atoms with E-state index in [9.17, 15) is 18.0 Å². The van der Waals surface area contributed by atoms with Crippen LogP contribution in [0, 0.1) is 11.3 Å². The Morgan fingerprint density at radius 2 is 2.15 bits per heavy atom. The summed E-state index contributed by atoms with van der Waals surface area (Å²) in [6.45, 7) is -1.17. The van der Waals surface area contributed by atoms with Crippen molar-refractivity contribution in [3.63, 3.8) is 0 Å². The van der Waals surface area contributed by atoms with Gasteiger partial charge in [0.05, 0.1) is 11.3 Å². The van der Waals surface area contributed by atoms with Crippen molar-refractivity contribution in [1.82, 2.24) is 0 Å². The van der Waals surface area contributed by atoms with E-state index in [2.05, 4.69) is 0 Å². The SMILES string of the molecule is CN(CC(F)(F)F)c1ccc(/C=C/C(=O)O)cc1C#N. The van der Waals surface area contributed by atoms with E-state index in [-0.39, 0.29) is 11.3 Å². The summed E-state index contributed by atoms with van der Waals surface area (Å²) in [6, 6.07) is 5.93. The summed E-state index contributed by atoms with van der Waals surface area (Å²) in [4.78, 5) is 11.3. The molecule has 0 bridgehead atoms. The van der Waals surface area contributed by atoms with Crippen LogP contribution >= 0.6 is 0 Å². The second kappa shape index (κ2) is 6.10. The highest BCUT2D eigenvalue weighted by Crippen LogP contribution is 2.25. The van der Waals surface area contributed by atoms with Crippen molar-refractivity contribution >= 4 is 17.7 Å². The third kappa shape index (κ3) is 4.65. The summed E-state index contributed by atoms with van der Waals surface area (Å²) in [6.07, 6.45) is -2.23. The van der Waals surface area contributed by atoms with Crippen molar-refractivity contribution in [3.8, 4) is 6.07 Å². The monoisotopic (exact) mass is 284 g/mol. The van der Waals surface area contributed by atoms with Gasteiger partial charge in [0.25, 0.3) is 0 Å². The molecule has 0 unspecified atom stereocenters. The molecule has 7 heteroatoms. The van der Waals surface area contributed by atoms with Gasteiger partial charge in [-0.15, -0.1) is 0 Å². The lowest BCUT2D eigenvalue weighted by atomic mass is 10.1.